The predicted octanol–water partition coefficient (Wildman–Crippen LogP) is 3.32. The number of fused-ring (bicyclic) bond motifs is 1. The first-order valence-corrected chi connectivity index (χ1v) is 13.7. The lowest BCUT2D eigenvalue weighted by atomic mass is 10.1. The number of allylic oxidation sites excluding steroid dienone is 4. The smallest absolute Gasteiger partial charge is 0.326 e. The Morgan fingerprint density at radius 1 is 1.16 bits per heavy atom. The molecule has 3 aliphatic rings. The number of unbranched alkanes of at least 4 members (excludes halogenated alkanes) is 1. The molecule has 3 atom stereocenters. The number of methoxy groups -OCH3 is 1. The average Bonchev–Trinajstić information content (AvgIpc) is 3.59. The van der Waals surface area contributed by atoms with Gasteiger partial charge in [-0.1, -0.05) is 39.8 Å². The summed E-state index contributed by atoms with van der Waals surface area (Å²) >= 11 is 0. The Hall–Kier alpha value is -2.72. The van der Waals surface area contributed by atoms with Crippen molar-refractivity contribution in [3.05, 3.63) is 24.0 Å². The van der Waals surface area contributed by atoms with Gasteiger partial charge in [0.1, 0.15) is 12.3 Å². The first kappa shape index (κ1) is 37.4. The van der Waals surface area contributed by atoms with Gasteiger partial charge in [0.25, 0.3) is 0 Å². The number of amides is 2. The summed E-state index contributed by atoms with van der Waals surface area (Å²) in [6, 6.07) is -0.378. The largest absolute Gasteiger partial charge is 0.498 e. The molecule has 10 nitrogen and oxygen atoms in total. The molecular formula is C28H51N3O7. The van der Waals surface area contributed by atoms with Gasteiger partial charge in [-0.25, -0.2) is 4.79 Å². The molecule has 1 saturated heterocycles. The number of carbonyl (C=O) groups is 4. The van der Waals surface area contributed by atoms with Gasteiger partial charge in [0.15, 0.2) is 0 Å². The summed E-state index contributed by atoms with van der Waals surface area (Å²) in [6.45, 7) is 11.6. The second kappa shape index (κ2) is 24.6. The van der Waals surface area contributed by atoms with Crippen LogP contribution in [0.1, 0.15) is 73.1 Å². The van der Waals surface area contributed by atoms with E-state index in [1.807, 2.05) is 39.8 Å². The topological polar surface area (TPSA) is 134 Å². The SMILES string of the molecule is CC.CC.CNCC(=O)N1C(C(=O)O)CC2CC21.COCCNC(C)=O.O=CCCCOC1=CC=CCC1. The highest BCUT2D eigenvalue weighted by Crippen LogP contribution is 2.47. The van der Waals surface area contributed by atoms with E-state index in [1.54, 1.807) is 19.1 Å². The summed E-state index contributed by atoms with van der Waals surface area (Å²) in [5.74, 6) is 0.508. The van der Waals surface area contributed by atoms with E-state index in [4.69, 9.17) is 9.84 Å². The highest BCUT2D eigenvalue weighted by atomic mass is 16.5. The molecule has 38 heavy (non-hydrogen) atoms. The second-order valence-electron chi connectivity index (χ2n) is 8.22. The quantitative estimate of drug-likeness (QED) is 0.268. The molecule has 1 saturated carbocycles. The third kappa shape index (κ3) is 16.9. The number of likely N-dealkylation sites (N-methyl/N-ethyl adjacent to an activating group) is 1. The van der Waals surface area contributed by atoms with Crippen molar-refractivity contribution in [1.82, 2.24) is 15.5 Å². The van der Waals surface area contributed by atoms with Crippen LogP contribution in [0.4, 0.5) is 0 Å². The monoisotopic (exact) mass is 541 g/mol. The molecule has 10 heteroatoms. The molecule has 3 rings (SSSR count). The number of hydrogen-bond donors (Lipinski definition) is 3. The fraction of sp³-hybridized carbons (Fsp3) is 0.714. The van der Waals surface area contributed by atoms with E-state index in [2.05, 4.69) is 21.4 Å². The standard InChI is InChI=1S/C10H14O2.C9H14N2O3.C5H11NO2.2C2H6/c11-8-4-5-9-12-10-6-2-1-3-7-10;1-10-4-8(12)11-6-2-5(6)3-7(11)9(13)14;1-5(7)6-3-4-8-2;2*1-2/h1-2,6,8H,3-5,7,9H2;5-7,10H,2-4H2,1H3,(H,13,14);3-4H2,1-2H3,(H,6,7);2*1-2H3. The van der Waals surface area contributed by atoms with E-state index in [-0.39, 0.29) is 24.4 Å². The number of nitrogens with zero attached hydrogens (tertiary/aromatic N) is 1. The molecule has 3 N–H and O–H groups in total. The average molecular weight is 542 g/mol. The molecule has 0 aromatic heterocycles. The Bertz CT molecular complexity index is 725. The van der Waals surface area contributed by atoms with Crippen LogP contribution in [0.2, 0.25) is 0 Å². The summed E-state index contributed by atoms with van der Waals surface area (Å²) in [7, 11) is 3.29. The molecule has 2 amide bonds. The van der Waals surface area contributed by atoms with Crippen molar-refractivity contribution >= 4 is 24.1 Å². The van der Waals surface area contributed by atoms with Crippen LogP contribution < -0.4 is 10.6 Å². The molecule has 1 heterocycles. The first-order chi connectivity index (χ1) is 18.3. The third-order valence-corrected chi connectivity index (χ3v) is 5.41. The molecule has 2 fully saturated rings. The number of carboxylic acids is 1. The van der Waals surface area contributed by atoms with Crippen molar-refractivity contribution in [3.8, 4) is 0 Å². The Morgan fingerprint density at radius 3 is 2.34 bits per heavy atom. The highest BCUT2D eigenvalue weighted by Gasteiger charge is 2.55. The van der Waals surface area contributed by atoms with Gasteiger partial charge in [-0.05, 0) is 44.7 Å². The van der Waals surface area contributed by atoms with Gasteiger partial charge < -0.3 is 34.9 Å². The van der Waals surface area contributed by atoms with Crippen molar-refractivity contribution in [1.29, 1.82) is 0 Å². The van der Waals surface area contributed by atoms with E-state index in [1.165, 1.54) is 6.92 Å². The van der Waals surface area contributed by atoms with E-state index in [0.29, 0.717) is 38.5 Å². The van der Waals surface area contributed by atoms with Gasteiger partial charge in [0, 0.05) is 39.5 Å². The third-order valence-electron chi connectivity index (χ3n) is 5.41. The van der Waals surface area contributed by atoms with Crippen molar-refractivity contribution in [2.45, 2.75) is 85.2 Å². The van der Waals surface area contributed by atoms with Crippen molar-refractivity contribution in [3.63, 3.8) is 0 Å². The number of piperidine rings is 1. The van der Waals surface area contributed by atoms with Crippen LogP contribution in [0.5, 0.6) is 0 Å². The minimum atomic E-state index is -0.873. The summed E-state index contributed by atoms with van der Waals surface area (Å²) in [5.41, 5.74) is 0. The van der Waals surface area contributed by atoms with Crippen molar-refractivity contribution in [2.75, 3.05) is 40.5 Å². The normalized spacial score (nSPS) is 19.6. The Kier molecular flexibility index (Phi) is 24.2. The molecule has 1 aliphatic heterocycles. The number of likely N-dealkylation sites (tertiary alicyclic amines) is 1. The zero-order valence-corrected chi connectivity index (χ0v) is 24.5. The molecular weight excluding hydrogens is 490 g/mol. The van der Waals surface area contributed by atoms with Crippen LogP contribution >= 0.6 is 0 Å². The summed E-state index contributed by atoms with van der Waals surface area (Å²) in [6.07, 6.45) is 12.2. The van der Waals surface area contributed by atoms with E-state index in [9.17, 15) is 19.2 Å². The Balaban J connectivity index is 0. The zero-order valence-electron chi connectivity index (χ0n) is 24.5. The van der Waals surface area contributed by atoms with Crippen molar-refractivity contribution < 1.29 is 33.8 Å². The van der Waals surface area contributed by atoms with Crippen LogP contribution in [0, 0.1) is 5.92 Å². The molecule has 0 radical (unpaired) electrons. The molecule has 2 aliphatic carbocycles. The Labute approximate surface area is 229 Å². The molecule has 0 aromatic rings. The maximum Gasteiger partial charge on any atom is 0.326 e. The van der Waals surface area contributed by atoms with Gasteiger partial charge in [-0.15, -0.1) is 0 Å². The van der Waals surface area contributed by atoms with Crippen LogP contribution in [-0.4, -0.2) is 86.6 Å². The summed E-state index contributed by atoms with van der Waals surface area (Å²) in [5, 5.41) is 14.3. The number of carbonyl (C=O) groups excluding carboxylic acids is 3. The minimum absolute atomic E-state index is 0.0120. The van der Waals surface area contributed by atoms with Crippen LogP contribution in [-0.2, 0) is 28.7 Å². The maximum atomic E-state index is 11.6. The van der Waals surface area contributed by atoms with E-state index in [0.717, 1.165) is 37.7 Å². The second-order valence-corrected chi connectivity index (χ2v) is 8.22. The summed E-state index contributed by atoms with van der Waals surface area (Å²) < 4.78 is 10.1. The summed E-state index contributed by atoms with van der Waals surface area (Å²) in [4.78, 5) is 44.1. The van der Waals surface area contributed by atoms with Crippen LogP contribution in [0.25, 0.3) is 0 Å². The van der Waals surface area contributed by atoms with E-state index >= 15 is 0 Å². The molecule has 0 bridgehead atoms. The molecule has 3 unspecified atom stereocenters. The lowest BCUT2D eigenvalue weighted by Crippen LogP contribution is -2.46. The zero-order chi connectivity index (χ0) is 29.3. The first-order valence-electron chi connectivity index (χ1n) is 13.7. The molecule has 0 spiro atoms. The number of ether oxygens (including phenoxy) is 2. The number of carboxylic acid groups (broad SMARTS) is 1. The fourth-order valence-electron chi connectivity index (χ4n) is 3.68. The predicted molar refractivity (Wildman–Crippen MR) is 150 cm³/mol. The van der Waals surface area contributed by atoms with Crippen LogP contribution in [0.15, 0.2) is 24.0 Å². The number of aldehydes is 1. The lowest BCUT2D eigenvalue weighted by Gasteiger charge is -2.24. The fourth-order valence-corrected chi connectivity index (χ4v) is 3.68. The number of nitrogens with one attached hydrogen (secondary N) is 2. The minimum Gasteiger partial charge on any atom is -0.498 e. The maximum absolute atomic E-state index is 11.6. The van der Waals surface area contributed by atoms with Gasteiger partial charge in [0.2, 0.25) is 11.8 Å². The van der Waals surface area contributed by atoms with Gasteiger partial charge in [0.05, 0.1) is 25.5 Å². The number of aliphatic carboxylic acids is 1. The van der Waals surface area contributed by atoms with E-state index < -0.39 is 12.0 Å². The van der Waals surface area contributed by atoms with Gasteiger partial charge >= 0.3 is 5.97 Å². The van der Waals surface area contributed by atoms with Gasteiger partial charge in [-0.3, -0.25) is 9.59 Å². The number of hydrogen-bond acceptors (Lipinski definition) is 7. The molecule has 0 aromatic carbocycles. The van der Waals surface area contributed by atoms with Gasteiger partial charge in [-0.2, -0.15) is 0 Å². The molecule has 220 valence electrons. The van der Waals surface area contributed by atoms with Crippen LogP contribution in [0.3, 0.4) is 0 Å². The number of rotatable bonds is 11. The Morgan fingerprint density at radius 2 is 1.84 bits per heavy atom. The highest BCUT2D eigenvalue weighted by molar-refractivity contribution is 5.86. The van der Waals surface area contributed by atoms with Crippen molar-refractivity contribution in [2.24, 2.45) is 5.92 Å². The lowest BCUT2D eigenvalue weighted by molar-refractivity contribution is -0.149.